The van der Waals surface area contributed by atoms with Gasteiger partial charge < -0.3 is 14.3 Å². The van der Waals surface area contributed by atoms with Crippen LogP contribution in [0.1, 0.15) is 30.5 Å². The predicted molar refractivity (Wildman–Crippen MR) is 129 cm³/mol. The lowest BCUT2D eigenvalue weighted by molar-refractivity contribution is -0.150. The molecule has 0 bridgehead atoms. The van der Waals surface area contributed by atoms with Gasteiger partial charge in [-0.05, 0) is 37.1 Å². The Bertz CT molecular complexity index is 933. The van der Waals surface area contributed by atoms with Crippen LogP contribution in [0.15, 0.2) is 65.2 Å². The van der Waals surface area contributed by atoms with Crippen LogP contribution in [-0.2, 0) is 25.7 Å². The third kappa shape index (κ3) is 6.45. The molecule has 1 saturated heterocycles. The monoisotopic (exact) mass is 454 g/mol. The normalized spacial score (nSPS) is 15.3. The first-order chi connectivity index (χ1) is 15.4. The molecule has 32 heavy (non-hydrogen) atoms. The molecule has 170 valence electrons. The summed E-state index contributed by atoms with van der Waals surface area (Å²) in [5, 5.41) is 4.39. The fourth-order valence-electron chi connectivity index (χ4n) is 3.51. The van der Waals surface area contributed by atoms with E-state index in [1.807, 2.05) is 48.5 Å². The molecule has 0 aromatic heterocycles. The highest BCUT2D eigenvalue weighted by Gasteiger charge is 2.35. The van der Waals surface area contributed by atoms with Crippen molar-refractivity contribution in [1.29, 1.82) is 0 Å². The summed E-state index contributed by atoms with van der Waals surface area (Å²) >= 11 is 4.37. The molecule has 0 amide bonds. The number of carbonyl (C=O) groups excluding carboxylic acids is 1. The zero-order valence-electron chi connectivity index (χ0n) is 18.6. The second kappa shape index (κ2) is 11.3. The minimum atomic E-state index is -0.476. The second-order valence-corrected chi connectivity index (χ2v) is 8.54. The van der Waals surface area contributed by atoms with Gasteiger partial charge in [-0.15, -0.1) is 12.6 Å². The Morgan fingerprint density at radius 3 is 2.44 bits per heavy atom. The number of ether oxygens (including phenoxy) is 2. The maximum atomic E-state index is 12.2. The van der Waals surface area contributed by atoms with Crippen molar-refractivity contribution in [3.05, 3.63) is 71.8 Å². The summed E-state index contributed by atoms with van der Waals surface area (Å²) < 4.78 is 10.8. The average Bonchev–Trinajstić information content (AvgIpc) is 2.82. The summed E-state index contributed by atoms with van der Waals surface area (Å²) in [5.41, 5.74) is 3.14. The first-order valence-electron chi connectivity index (χ1n) is 10.6. The van der Waals surface area contributed by atoms with Gasteiger partial charge in [0.1, 0.15) is 12.3 Å². The molecule has 0 saturated carbocycles. The zero-order chi connectivity index (χ0) is 23.0. The molecule has 6 nitrogen and oxygen atoms in total. The highest BCUT2D eigenvalue weighted by Crippen LogP contribution is 2.24. The predicted octanol–water partition coefficient (Wildman–Crippen LogP) is 4.19. The summed E-state index contributed by atoms with van der Waals surface area (Å²) in [7, 11) is 0. The molecule has 1 aliphatic rings. The third-order valence-electron chi connectivity index (χ3n) is 5.48. The van der Waals surface area contributed by atoms with Gasteiger partial charge in [0.25, 0.3) is 0 Å². The Labute approximate surface area is 195 Å². The van der Waals surface area contributed by atoms with Crippen LogP contribution in [0.5, 0.6) is 0 Å². The van der Waals surface area contributed by atoms with E-state index in [1.165, 1.54) is 0 Å². The maximum absolute atomic E-state index is 12.2. The Morgan fingerprint density at radius 2 is 1.81 bits per heavy atom. The van der Waals surface area contributed by atoms with Crippen LogP contribution in [0.25, 0.3) is 6.08 Å². The van der Waals surface area contributed by atoms with Crippen LogP contribution in [0.4, 0.5) is 0 Å². The molecule has 7 heteroatoms. The van der Waals surface area contributed by atoms with Gasteiger partial charge in [0.2, 0.25) is 6.61 Å². The van der Waals surface area contributed by atoms with E-state index >= 15 is 0 Å². The van der Waals surface area contributed by atoms with Crippen molar-refractivity contribution in [1.82, 2.24) is 4.90 Å². The second-order valence-electron chi connectivity index (χ2n) is 8.03. The fraction of sp³-hybridized carbons (Fsp3) is 0.360. The molecule has 1 aliphatic heterocycles. The number of thiol groups is 1. The molecule has 0 aliphatic carbocycles. The molecule has 0 atom stereocenters. The van der Waals surface area contributed by atoms with Crippen LogP contribution < -0.4 is 0 Å². The summed E-state index contributed by atoms with van der Waals surface area (Å²) in [5.74, 6) is -0.476. The highest BCUT2D eigenvalue weighted by atomic mass is 32.1. The minimum Gasteiger partial charge on any atom is -0.458 e. The van der Waals surface area contributed by atoms with Crippen LogP contribution in [-0.4, -0.2) is 55.0 Å². The van der Waals surface area contributed by atoms with Crippen molar-refractivity contribution >= 4 is 30.4 Å². The number of oxime groups is 1. The summed E-state index contributed by atoms with van der Waals surface area (Å²) in [6.45, 7) is 10.8. The standard InChI is InChI=1S/C25H30N2O4S/c1-4-19-5-7-20(8-6-19)17-30-23(28)18-31-26-24(21-9-11-22(32)12-10-21)25(2,3)27-13-15-29-16-14-27/h4-12,32H,1,13-18H2,2-3H3/b26-24-. The molecule has 1 heterocycles. The summed E-state index contributed by atoms with van der Waals surface area (Å²) in [6.07, 6.45) is 1.77. The van der Waals surface area contributed by atoms with Gasteiger partial charge in [0, 0.05) is 23.5 Å². The van der Waals surface area contributed by atoms with E-state index in [4.69, 9.17) is 14.3 Å². The molecular formula is C25H30N2O4S. The van der Waals surface area contributed by atoms with Crippen LogP contribution in [0, 0.1) is 0 Å². The van der Waals surface area contributed by atoms with Gasteiger partial charge >= 0.3 is 5.97 Å². The van der Waals surface area contributed by atoms with Gasteiger partial charge in [0.05, 0.1) is 18.8 Å². The Morgan fingerprint density at radius 1 is 1.16 bits per heavy atom. The van der Waals surface area contributed by atoms with E-state index in [9.17, 15) is 4.79 Å². The van der Waals surface area contributed by atoms with E-state index in [-0.39, 0.29) is 13.2 Å². The molecule has 2 aromatic rings. The molecule has 0 spiro atoms. The van der Waals surface area contributed by atoms with Crippen LogP contribution in [0.3, 0.4) is 0 Å². The van der Waals surface area contributed by atoms with Gasteiger partial charge in [-0.25, -0.2) is 4.79 Å². The van der Waals surface area contributed by atoms with Crippen molar-refractivity contribution < 1.29 is 19.1 Å². The number of hydrogen-bond acceptors (Lipinski definition) is 7. The Kier molecular flexibility index (Phi) is 8.50. The van der Waals surface area contributed by atoms with Crippen LogP contribution in [0.2, 0.25) is 0 Å². The molecule has 0 N–H and O–H groups in total. The number of esters is 1. The van der Waals surface area contributed by atoms with E-state index in [0.717, 1.165) is 40.4 Å². The molecular weight excluding hydrogens is 424 g/mol. The quantitative estimate of drug-likeness (QED) is 0.266. The molecule has 3 rings (SSSR count). The van der Waals surface area contributed by atoms with Crippen LogP contribution >= 0.6 is 12.6 Å². The van der Waals surface area contributed by atoms with Crippen molar-refractivity contribution in [2.24, 2.45) is 5.16 Å². The third-order valence-corrected chi connectivity index (χ3v) is 5.77. The molecule has 0 radical (unpaired) electrons. The Hall–Kier alpha value is -2.61. The van der Waals surface area contributed by atoms with Gasteiger partial charge in [-0.3, -0.25) is 4.90 Å². The lowest BCUT2D eigenvalue weighted by Gasteiger charge is -2.41. The zero-order valence-corrected chi connectivity index (χ0v) is 19.5. The first-order valence-corrected chi connectivity index (χ1v) is 11.0. The number of morpholine rings is 1. The largest absolute Gasteiger partial charge is 0.458 e. The Balaban J connectivity index is 1.66. The maximum Gasteiger partial charge on any atom is 0.347 e. The van der Waals surface area contributed by atoms with E-state index in [2.05, 4.69) is 43.1 Å². The minimum absolute atomic E-state index is 0.179. The van der Waals surface area contributed by atoms with E-state index < -0.39 is 11.5 Å². The van der Waals surface area contributed by atoms with Crippen molar-refractivity contribution in [2.45, 2.75) is 30.9 Å². The molecule has 0 unspecified atom stereocenters. The summed E-state index contributed by atoms with van der Waals surface area (Å²) in [4.78, 5) is 20.8. The SMILES string of the molecule is C=Cc1ccc(COC(=O)CO/N=C(/c2ccc(S)cc2)C(C)(C)N2CCOCC2)cc1. The topological polar surface area (TPSA) is 60.4 Å². The van der Waals surface area contributed by atoms with E-state index in [0.29, 0.717) is 13.2 Å². The number of carbonyl (C=O) groups is 1. The van der Waals surface area contributed by atoms with Crippen molar-refractivity contribution in [3.63, 3.8) is 0 Å². The van der Waals surface area contributed by atoms with Gasteiger partial charge in [0.15, 0.2) is 0 Å². The highest BCUT2D eigenvalue weighted by molar-refractivity contribution is 7.80. The molecule has 1 fully saturated rings. The average molecular weight is 455 g/mol. The van der Waals surface area contributed by atoms with Crippen molar-refractivity contribution in [2.75, 3.05) is 32.9 Å². The smallest absolute Gasteiger partial charge is 0.347 e. The number of rotatable bonds is 9. The lowest BCUT2D eigenvalue weighted by Crippen LogP contribution is -2.54. The molecule has 2 aromatic carbocycles. The first kappa shape index (κ1) is 24.0. The summed E-state index contributed by atoms with van der Waals surface area (Å²) in [6, 6.07) is 15.4. The van der Waals surface area contributed by atoms with Gasteiger partial charge in [-0.2, -0.15) is 0 Å². The van der Waals surface area contributed by atoms with Crippen molar-refractivity contribution in [3.8, 4) is 0 Å². The van der Waals surface area contributed by atoms with E-state index in [1.54, 1.807) is 6.08 Å². The number of benzene rings is 2. The number of hydrogen-bond donors (Lipinski definition) is 1. The lowest BCUT2D eigenvalue weighted by atomic mass is 9.90. The van der Waals surface area contributed by atoms with Gasteiger partial charge in [-0.1, -0.05) is 54.2 Å². The number of nitrogens with zero attached hydrogens (tertiary/aromatic N) is 2. The fourth-order valence-corrected chi connectivity index (χ4v) is 3.66.